The molecule has 142 valence electrons. The number of hydrogen-bond donors (Lipinski definition) is 2. The molecule has 4 rings (SSSR count). The van der Waals surface area contributed by atoms with Gasteiger partial charge in [0.2, 0.25) is 0 Å². The quantitative estimate of drug-likeness (QED) is 0.488. The van der Waals surface area contributed by atoms with Gasteiger partial charge in [0.1, 0.15) is 11.3 Å². The van der Waals surface area contributed by atoms with E-state index >= 15 is 0 Å². The number of aromatic nitrogens is 2. The van der Waals surface area contributed by atoms with Crippen LogP contribution < -0.4 is 10.1 Å². The summed E-state index contributed by atoms with van der Waals surface area (Å²) < 4.78 is 5.87. The summed E-state index contributed by atoms with van der Waals surface area (Å²) in [6.07, 6.45) is 2.49. The number of carbonyl (C=O) groups is 1. The molecule has 1 amide bonds. The second-order valence-electron chi connectivity index (χ2n) is 6.92. The Kier molecular flexibility index (Phi) is 4.98. The fourth-order valence-corrected chi connectivity index (χ4v) is 3.35. The van der Waals surface area contributed by atoms with Crippen LogP contribution in [0.1, 0.15) is 28.0 Å². The number of aryl methyl sites for hydroxylation is 2. The Morgan fingerprint density at radius 2 is 2.00 bits per heavy atom. The van der Waals surface area contributed by atoms with Crippen molar-refractivity contribution in [2.75, 3.05) is 13.2 Å². The predicted molar refractivity (Wildman–Crippen MR) is 112 cm³/mol. The minimum Gasteiger partial charge on any atom is -0.491 e. The molecule has 0 radical (unpaired) electrons. The van der Waals surface area contributed by atoms with E-state index in [1.807, 2.05) is 55.5 Å². The molecule has 2 aromatic carbocycles. The van der Waals surface area contributed by atoms with Gasteiger partial charge >= 0.3 is 0 Å². The van der Waals surface area contributed by atoms with Gasteiger partial charge in [-0.3, -0.25) is 9.78 Å². The maximum Gasteiger partial charge on any atom is 0.251 e. The van der Waals surface area contributed by atoms with E-state index in [9.17, 15) is 4.79 Å². The van der Waals surface area contributed by atoms with Crippen LogP contribution in [-0.4, -0.2) is 29.0 Å². The molecule has 0 spiro atoms. The number of rotatable bonds is 6. The molecule has 28 heavy (non-hydrogen) atoms. The van der Waals surface area contributed by atoms with Gasteiger partial charge in [-0.05, 0) is 56.2 Å². The number of pyridine rings is 1. The number of fused-ring (bicyclic) bond motifs is 2. The number of amides is 1. The van der Waals surface area contributed by atoms with Crippen molar-refractivity contribution in [1.29, 1.82) is 0 Å². The number of benzene rings is 2. The maximum absolute atomic E-state index is 12.4. The first-order valence-corrected chi connectivity index (χ1v) is 9.47. The number of carbonyl (C=O) groups excluding carboxylic acids is 1. The highest BCUT2D eigenvalue weighted by Crippen LogP contribution is 2.23. The molecule has 0 aliphatic heterocycles. The van der Waals surface area contributed by atoms with Gasteiger partial charge in [-0.1, -0.05) is 18.2 Å². The third kappa shape index (κ3) is 3.56. The molecule has 0 atom stereocenters. The van der Waals surface area contributed by atoms with Gasteiger partial charge in [0.15, 0.2) is 0 Å². The van der Waals surface area contributed by atoms with Gasteiger partial charge in [-0.15, -0.1) is 0 Å². The standard InChI is InChI=1S/C23H23N3O2/c1-15-16(2)26-20-10-9-18(14-19(15)20)23(27)25-12-5-13-28-21-8-3-6-17-7-4-11-24-22(17)21/h3-4,6-11,14,26H,5,12-13H2,1-2H3,(H,25,27). The van der Waals surface area contributed by atoms with E-state index in [1.54, 1.807) is 6.20 Å². The summed E-state index contributed by atoms with van der Waals surface area (Å²) in [5, 5.41) is 5.12. The Hall–Kier alpha value is -3.34. The van der Waals surface area contributed by atoms with Crippen LogP contribution in [-0.2, 0) is 0 Å². The highest BCUT2D eigenvalue weighted by molar-refractivity contribution is 5.99. The lowest BCUT2D eigenvalue weighted by atomic mass is 10.1. The van der Waals surface area contributed by atoms with E-state index in [4.69, 9.17) is 4.74 Å². The summed E-state index contributed by atoms with van der Waals surface area (Å²) in [6.45, 7) is 5.18. The van der Waals surface area contributed by atoms with Crippen molar-refractivity contribution in [3.05, 3.63) is 71.5 Å². The Bertz CT molecular complexity index is 1140. The second kappa shape index (κ2) is 7.72. The van der Waals surface area contributed by atoms with Crippen LogP contribution in [0.3, 0.4) is 0 Å². The highest BCUT2D eigenvalue weighted by atomic mass is 16.5. The van der Waals surface area contributed by atoms with Crippen molar-refractivity contribution in [2.45, 2.75) is 20.3 Å². The van der Waals surface area contributed by atoms with E-state index < -0.39 is 0 Å². The van der Waals surface area contributed by atoms with Crippen molar-refractivity contribution >= 4 is 27.7 Å². The number of ether oxygens (including phenoxy) is 1. The molecule has 0 aliphatic carbocycles. The maximum atomic E-state index is 12.4. The third-order valence-corrected chi connectivity index (χ3v) is 5.03. The zero-order valence-corrected chi connectivity index (χ0v) is 16.1. The topological polar surface area (TPSA) is 67.0 Å². The van der Waals surface area contributed by atoms with Crippen LogP contribution in [0.15, 0.2) is 54.7 Å². The Morgan fingerprint density at radius 3 is 2.89 bits per heavy atom. The first-order chi connectivity index (χ1) is 13.6. The van der Waals surface area contributed by atoms with E-state index in [1.165, 1.54) is 5.56 Å². The lowest BCUT2D eigenvalue weighted by Crippen LogP contribution is -2.25. The summed E-state index contributed by atoms with van der Waals surface area (Å²) in [4.78, 5) is 20.2. The second-order valence-corrected chi connectivity index (χ2v) is 6.92. The van der Waals surface area contributed by atoms with E-state index in [0.29, 0.717) is 18.7 Å². The van der Waals surface area contributed by atoms with Crippen LogP contribution in [0, 0.1) is 13.8 Å². The fraction of sp³-hybridized carbons (Fsp3) is 0.217. The Labute approximate surface area is 163 Å². The van der Waals surface area contributed by atoms with Gasteiger partial charge in [0.25, 0.3) is 5.91 Å². The molecule has 0 saturated carbocycles. The molecular weight excluding hydrogens is 350 g/mol. The first kappa shape index (κ1) is 18.0. The van der Waals surface area contributed by atoms with Gasteiger partial charge in [0.05, 0.1) is 6.61 Å². The number of H-pyrrole nitrogens is 1. The van der Waals surface area contributed by atoms with Gasteiger partial charge in [0, 0.05) is 40.3 Å². The molecule has 4 aromatic rings. The summed E-state index contributed by atoms with van der Waals surface area (Å²) >= 11 is 0. The summed E-state index contributed by atoms with van der Waals surface area (Å²) in [6, 6.07) is 15.6. The number of para-hydroxylation sites is 1. The fourth-order valence-electron chi connectivity index (χ4n) is 3.35. The van der Waals surface area contributed by atoms with Crippen LogP contribution in [0.25, 0.3) is 21.8 Å². The zero-order chi connectivity index (χ0) is 19.5. The van der Waals surface area contributed by atoms with Crippen LogP contribution in [0.4, 0.5) is 0 Å². The van der Waals surface area contributed by atoms with E-state index in [0.717, 1.165) is 39.7 Å². The molecule has 0 fully saturated rings. The molecule has 2 N–H and O–H groups in total. The number of hydrogen-bond acceptors (Lipinski definition) is 3. The minimum absolute atomic E-state index is 0.0630. The van der Waals surface area contributed by atoms with Crippen LogP contribution in [0.2, 0.25) is 0 Å². The summed E-state index contributed by atoms with van der Waals surface area (Å²) in [5.41, 5.74) is 4.91. The molecule has 2 heterocycles. The Morgan fingerprint density at radius 1 is 1.14 bits per heavy atom. The monoisotopic (exact) mass is 373 g/mol. The number of aromatic amines is 1. The molecule has 0 bridgehead atoms. The van der Waals surface area contributed by atoms with Gasteiger partial charge in [-0.2, -0.15) is 0 Å². The summed E-state index contributed by atoms with van der Waals surface area (Å²) in [5.74, 6) is 0.708. The first-order valence-electron chi connectivity index (χ1n) is 9.47. The van der Waals surface area contributed by atoms with Crippen LogP contribution in [0.5, 0.6) is 5.75 Å². The lowest BCUT2D eigenvalue weighted by molar-refractivity contribution is 0.0951. The Balaban J connectivity index is 1.31. The molecule has 0 saturated heterocycles. The van der Waals surface area contributed by atoms with E-state index in [-0.39, 0.29) is 5.91 Å². The van der Waals surface area contributed by atoms with Crippen LogP contribution >= 0.6 is 0 Å². The molecular formula is C23H23N3O2. The normalized spacial score (nSPS) is 11.1. The zero-order valence-electron chi connectivity index (χ0n) is 16.1. The molecule has 5 nitrogen and oxygen atoms in total. The number of nitrogens with one attached hydrogen (secondary N) is 2. The van der Waals surface area contributed by atoms with Crippen molar-refractivity contribution < 1.29 is 9.53 Å². The molecule has 0 unspecified atom stereocenters. The molecule has 5 heteroatoms. The average molecular weight is 373 g/mol. The van der Waals surface area contributed by atoms with Gasteiger partial charge in [-0.25, -0.2) is 0 Å². The smallest absolute Gasteiger partial charge is 0.251 e. The van der Waals surface area contributed by atoms with Crippen molar-refractivity contribution in [2.24, 2.45) is 0 Å². The largest absolute Gasteiger partial charge is 0.491 e. The van der Waals surface area contributed by atoms with Crippen molar-refractivity contribution in [3.63, 3.8) is 0 Å². The SMILES string of the molecule is Cc1[nH]c2ccc(C(=O)NCCCOc3cccc4cccnc34)cc2c1C. The third-order valence-electron chi connectivity index (χ3n) is 5.03. The predicted octanol–water partition coefficient (Wildman–Crippen LogP) is 4.53. The number of nitrogens with zero attached hydrogens (tertiary/aromatic N) is 1. The minimum atomic E-state index is -0.0630. The highest BCUT2D eigenvalue weighted by Gasteiger charge is 2.10. The molecule has 2 aromatic heterocycles. The van der Waals surface area contributed by atoms with Crippen molar-refractivity contribution in [1.82, 2.24) is 15.3 Å². The van der Waals surface area contributed by atoms with Crippen molar-refractivity contribution in [3.8, 4) is 5.75 Å². The molecule has 0 aliphatic rings. The van der Waals surface area contributed by atoms with E-state index in [2.05, 4.69) is 22.2 Å². The summed E-state index contributed by atoms with van der Waals surface area (Å²) in [7, 11) is 0. The lowest BCUT2D eigenvalue weighted by Gasteiger charge is -2.09. The van der Waals surface area contributed by atoms with Gasteiger partial charge < -0.3 is 15.0 Å². The average Bonchev–Trinajstić information content (AvgIpc) is 3.01.